The van der Waals surface area contributed by atoms with Gasteiger partial charge in [0.15, 0.2) is 11.7 Å². The van der Waals surface area contributed by atoms with E-state index in [1.165, 1.54) is 6.42 Å². The molecule has 1 aromatic heterocycles. The maximum atomic E-state index is 12.4. The van der Waals surface area contributed by atoms with Crippen molar-refractivity contribution in [3.63, 3.8) is 0 Å². The molecule has 0 aromatic carbocycles. The van der Waals surface area contributed by atoms with Crippen LogP contribution in [-0.4, -0.2) is 85.5 Å². The van der Waals surface area contributed by atoms with E-state index >= 15 is 0 Å². The molecule has 152 valence electrons. The molecule has 27 heavy (non-hydrogen) atoms. The lowest BCUT2D eigenvalue weighted by molar-refractivity contribution is 0.0657. The number of carbonyl (C=O) groups excluding carboxylic acids is 1. The third-order valence-electron chi connectivity index (χ3n) is 4.97. The number of hydrogen-bond acceptors (Lipinski definition) is 4. The molecule has 1 saturated heterocycles. The molecule has 2 rings (SSSR count). The molecule has 0 aliphatic carbocycles. The molecule has 0 radical (unpaired) electrons. The molecule has 0 unspecified atom stereocenters. The van der Waals surface area contributed by atoms with Crippen LogP contribution < -0.4 is 5.32 Å². The highest BCUT2D eigenvalue weighted by atomic mass is 16.3. The predicted octanol–water partition coefficient (Wildman–Crippen LogP) is 2.12. The number of rotatable bonds is 9. The average molecular weight is 378 g/mol. The van der Waals surface area contributed by atoms with Gasteiger partial charge in [-0.15, -0.1) is 0 Å². The number of furan rings is 1. The Kier molecular flexibility index (Phi) is 9.18. The van der Waals surface area contributed by atoms with Crippen molar-refractivity contribution in [2.24, 2.45) is 4.99 Å². The summed E-state index contributed by atoms with van der Waals surface area (Å²) < 4.78 is 5.23. The number of piperazine rings is 1. The first-order chi connectivity index (χ1) is 13.2. The summed E-state index contributed by atoms with van der Waals surface area (Å²) in [5.41, 5.74) is 0. The SMILES string of the molecule is CCNC(=NCCCCN(CC)CC)N1CCN(C(=O)c2ccco2)CC1. The highest BCUT2D eigenvalue weighted by molar-refractivity contribution is 5.91. The number of amides is 1. The van der Waals surface area contributed by atoms with Crippen molar-refractivity contribution in [2.75, 3.05) is 58.9 Å². The topological polar surface area (TPSA) is 64.3 Å². The number of carbonyl (C=O) groups is 1. The second-order valence-electron chi connectivity index (χ2n) is 6.73. The van der Waals surface area contributed by atoms with Gasteiger partial charge in [-0.3, -0.25) is 9.79 Å². The van der Waals surface area contributed by atoms with Crippen LogP contribution in [0.3, 0.4) is 0 Å². The highest BCUT2D eigenvalue weighted by Gasteiger charge is 2.25. The van der Waals surface area contributed by atoms with Gasteiger partial charge in [-0.1, -0.05) is 13.8 Å². The summed E-state index contributed by atoms with van der Waals surface area (Å²) in [7, 11) is 0. The first-order valence-corrected chi connectivity index (χ1v) is 10.3. The van der Waals surface area contributed by atoms with Gasteiger partial charge in [0.1, 0.15) is 0 Å². The fourth-order valence-corrected chi connectivity index (χ4v) is 3.28. The zero-order valence-corrected chi connectivity index (χ0v) is 17.1. The zero-order valence-electron chi connectivity index (χ0n) is 17.1. The fourth-order valence-electron chi connectivity index (χ4n) is 3.28. The number of aliphatic imine (C=N–C) groups is 1. The predicted molar refractivity (Wildman–Crippen MR) is 109 cm³/mol. The van der Waals surface area contributed by atoms with Gasteiger partial charge >= 0.3 is 0 Å². The molecule has 0 spiro atoms. The number of nitrogens with zero attached hydrogens (tertiary/aromatic N) is 4. The Morgan fingerprint density at radius 1 is 1.15 bits per heavy atom. The van der Waals surface area contributed by atoms with Crippen LogP contribution in [0.2, 0.25) is 0 Å². The van der Waals surface area contributed by atoms with Crippen LogP contribution in [0.1, 0.15) is 44.2 Å². The Morgan fingerprint density at radius 3 is 2.44 bits per heavy atom. The molecular formula is C20H35N5O2. The van der Waals surface area contributed by atoms with E-state index in [4.69, 9.17) is 9.41 Å². The van der Waals surface area contributed by atoms with E-state index in [1.54, 1.807) is 18.4 Å². The minimum Gasteiger partial charge on any atom is -0.459 e. The summed E-state index contributed by atoms with van der Waals surface area (Å²) in [5, 5.41) is 3.39. The fraction of sp³-hybridized carbons (Fsp3) is 0.700. The molecular weight excluding hydrogens is 342 g/mol. The van der Waals surface area contributed by atoms with Crippen LogP contribution in [0.4, 0.5) is 0 Å². The van der Waals surface area contributed by atoms with Crippen molar-refractivity contribution < 1.29 is 9.21 Å². The van der Waals surface area contributed by atoms with Gasteiger partial charge in [0.25, 0.3) is 5.91 Å². The lowest BCUT2D eigenvalue weighted by atomic mass is 10.3. The molecule has 7 nitrogen and oxygen atoms in total. The Morgan fingerprint density at radius 2 is 1.85 bits per heavy atom. The minimum absolute atomic E-state index is 0.0296. The van der Waals surface area contributed by atoms with Crippen molar-refractivity contribution in [1.29, 1.82) is 0 Å². The molecule has 1 amide bonds. The number of nitrogens with one attached hydrogen (secondary N) is 1. The maximum absolute atomic E-state index is 12.4. The smallest absolute Gasteiger partial charge is 0.289 e. The highest BCUT2D eigenvalue weighted by Crippen LogP contribution is 2.09. The third-order valence-corrected chi connectivity index (χ3v) is 4.97. The molecule has 1 N–H and O–H groups in total. The monoisotopic (exact) mass is 377 g/mol. The molecule has 0 bridgehead atoms. The second-order valence-corrected chi connectivity index (χ2v) is 6.73. The maximum Gasteiger partial charge on any atom is 0.289 e. The van der Waals surface area contributed by atoms with Gasteiger partial charge < -0.3 is 24.4 Å². The largest absolute Gasteiger partial charge is 0.459 e. The lowest BCUT2D eigenvalue weighted by Crippen LogP contribution is -2.53. The Labute approximate surface area is 163 Å². The van der Waals surface area contributed by atoms with Crippen molar-refractivity contribution in [2.45, 2.75) is 33.6 Å². The van der Waals surface area contributed by atoms with Crippen LogP contribution in [0.25, 0.3) is 0 Å². The molecule has 1 aliphatic rings. The lowest BCUT2D eigenvalue weighted by Gasteiger charge is -2.36. The summed E-state index contributed by atoms with van der Waals surface area (Å²) in [6.07, 6.45) is 3.82. The molecule has 1 aromatic rings. The first-order valence-electron chi connectivity index (χ1n) is 10.3. The van der Waals surface area contributed by atoms with Crippen molar-refractivity contribution in [3.05, 3.63) is 24.2 Å². The Bertz CT molecular complexity index is 561. The van der Waals surface area contributed by atoms with Gasteiger partial charge in [-0.2, -0.15) is 0 Å². The van der Waals surface area contributed by atoms with Gasteiger partial charge in [-0.25, -0.2) is 0 Å². The molecule has 2 heterocycles. The van der Waals surface area contributed by atoms with Crippen molar-refractivity contribution >= 4 is 11.9 Å². The van der Waals surface area contributed by atoms with E-state index < -0.39 is 0 Å². The number of hydrogen-bond donors (Lipinski definition) is 1. The third kappa shape index (κ3) is 6.57. The van der Waals surface area contributed by atoms with Gasteiger partial charge in [0, 0.05) is 39.3 Å². The van der Waals surface area contributed by atoms with Crippen LogP contribution in [0.5, 0.6) is 0 Å². The van der Waals surface area contributed by atoms with E-state index in [1.807, 2.05) is 4.90 Å². The molecule has 0 atom stereocenters. The van der Waals surface area contributed by atoms with Crippen molar-refractivity contribution in [1.82, 2.24) is 20.0 Å². The summed E-state index contributed by atoms with van der Waals surface area (Å²) in [6, 6.07) is 3.47. The molecule has 1 fully saturated rings. The normalized spacial score (nSPS) is 15.5. The van der Waals surface area contributed by atoms with Crippen molar-refractivity contribution in [3.8, 4) is 0 Å². The van der Waals surface area contributed by atoms with E-state index in [0.717, 1.165) is 58.2 Å². The van der Waals surface area contributed by atoms with Gasteiger partial charge in [0.2, 0.25) is 0 Å². The average Bonchev–Trinajstić information content (AvgIpc) is 3.24. The Balaban J connectivity index is 1.78. The van der Waals surface area contributed by atoms with Crippen LogP contribution in [0.15, 0.2) is 27.8 Å². The van der Waals surface area contributed by atoms with Crippen LogP contribution in [0, 0.1) is 0 Å². The number of guanidine groups is 1. The summed E-state index contributed by atoms with van der Waals surface area (Å²) in [5.74, 6) is 1.35. The molecule has 1 aliphatic heterocycles. The zero-order chi connectivity index (χ0) is 19.5. The van der Waals surface area contributed by atoms with Crippen LogP contribution in [-0.2, 0) is 0 Å². The minimum atomic E-state index is -0.0296. The summed E-state index contributed by atoms with van der Waals surface area (Å²) in [6.45, 7) is 14.5. The number of unbranched alkanes of at least 4 members (excludes halogenated alkanes) is 1. The van der Waals surface area contributed by atoms with Gasteiger partial charge in [-0.05, 0) is 51.5 Å². The van der Waals surface area contributed by atoms with E-state index in [9.17, 15) is 4.79 Å². The Hall–Kier alpha value is -2.02. The summed E-state index contributed by atoms with van der Waals surface area (Å²) in [4.78, 5) is 23.7. The van der Waals surface area contributed by atoms with E-state index in [2.05, 4.69) is 35.9 Å². The van der Waals surface area contributed by atoms with E-state index in [0.29, 0.717) is 18.8 Å². The quantitative estimate of drug-likeness (QED) is 0.406. The van der Waals surface area contributed by atoms with Gasteiger partial charge in [0.05, 0.1) is 6.26 Å². The summed E-state index contributed by atoms with van der Waals surface area (Å²) >= 11 is 0. The van der Waals surface area contributed by atoms with Crippen LogP contribution >= 0.6 is 0 Å². The first kappa shape index (κ1) is 21.3. The molecule has 0 saturated carbocycles. The standard InChI is InChI=1S/C20H35N5O2/c1-4-21-20(22-11-7-8-12-23(5-2)6-3)25-15-13-24(14-16-25)19(26)18-10-9-17-27-18/h9-10,17H,4-8,11-16H2,1-3H3,(H,21,22). The molecule has 7 heteroatoms. The van der Waals surface area contributed by atoms with E-state index in [-0.39, 0.29) is 5.91 Å². The second kappa shape index (κ2) is 11.6.